The van der Waals surface area contributed by atoms with Crippen molar-refractivity contribution in [3.63, 3.8) is 0 Å². The predicted octanol–water partition coefficient (Wildman–Crippen LogP) is 0.596. The van der Waals surface area contributed by atoms with Gasteiger partial charge in [-0.1, -0.05) is 15.9 Å². The summed E-state index contributed by atoms with van der Waals surface area (Å²) in [6.07, 6.45) is 0. The summed E-state index contributed by atoms with van der Waals surface area (Å²) in [5.74, 6) is -0.00567. The second kappa shape index (κ2) is 4.94. The second-order valence-corrected chi connectivity index (χ2v) is 5.70. The Morgan fingerprint density at radius 2 is 1.89 bits per heavy atom. The van der Waals surface area contributed by atoms with Gasteiger partial charge in [0.1, 0.15) is 6.54 Å². The lowest BCUT2D eigenvalue weighted by atomic mass is 10.1. The average molecular weight is 324 g/mol. The van der Waals surface area contributed by atoms with E-state index in [-0.39, 0.29) is 24.4 Å². The highest BCUT2D eigenvalue weighted by atomic mass is 79.9. The van der Waals surface area contributed by atoms with Crippen LogP contribution in [0.3, 0.4) is 0 Å². The molecule has 0 aliphatic carbocycles. The van der Waals surface area contributed by atoms with Crippen LogP contribution in [0.25, 0.3) is 0 Å². The van der Waals surface area contributed by atoms with E-state index >= 15 is 0 Å². The first-order valence-electron chi connectivity index (χ1n) is 6.21. The highest BCUT2D eigenvalue weighted by Crippen LogP contribution is 2.23. The number of piperazine rings is 2. The molecule has 0 radical (unpaired) electrons. The van der Waals surface area contributed by atoms with Gasteiger partial charge in [0, 0.05) is 23.2 Å². The van der Waals surface area contributed by atoms with Gasteiger partial charge in [0.2, 0.25) is 11.8 Å². The lowest BCUT2D eigenvalue weighted by Crippen LogP contribution is -2.65. The standard InChI is InChI=1S/C13H14BrN3O2/c14-9-1-3-10(4-2-9)16-7-11-5-15-6-12(18)17(11)8-13(16)19/h1-4,11,15H,5-8H2. The van der Waals surface area contributed by atoms with Crippen LogP contribution in [0.1, 0.15) is 0 Å². The normalized spacial score (nSPS) is 23.5. The van der Waals surface area contributed by atoms with Crippen molar-refractivity contribution in [1.29, 1.82) is 0 Å². The van der Waals surface area contributed by atoms with Crippen LogP contribution in [0, 0.1) is 0 Å². The van der Waals surface area contributed by atoms with Crippen molar-refractivity contribution >= 4 is 33.4 Å². The molecular formula is C13H14BrN3O2. The molecule has 0 spiro atoms. The highest BCUT2D eigenvalue weighted by Gasteiger charge is 2.37. The summed E-state index contributed by atoms with van der Waals surface area (Å²) < 4.78 is 0.983. The summed E-state index contributed by atoms with van der Waals surface area (Å²) in [6.45, 7) is 1.81. The Morgan fingerprint density at radius 3 is 2.63 bits per heavy atom. The Morgan fingerprint density at radius 1 is 1.16 bits per heavy atom. The van der Waals surface area contributed by atoms with Gasteiger partial charge in [-0.15, -0.1) is 0 Å². The van der Waals surface area contributed by atoms with Crippen LogP contribution in [0.4, 0.5) is 5.69 Å². The monoisotopic (exact) mass is 323 g/mol. The van der Waals surface area contributed by atoms with Crippen LogP contribution in [-0.2, 0) is 9.59 Å². The molecule has 1 aromatic carbocycles. The summed E-state index contributed by atoms with van der Waals surface area (Å²) in [5.41, 5.74) is 0.880. The van der Waals surface area contributed by atoms with Gasteiger partial charge in [-0.05, 0) is 24.3 Å². The van der Waals surface area contributed by atoms with Gasteiger partial charge in [-0.25, -0.2) is 0 Å². The lowest BCUT2D eigenvalue weighted by molar-refractivity contribution is -0.141. The van der Waals surface area contributed by atoms with Crippen molar-refractivity contribution in [3.8, 4) is 0 Å². The number of fused-ring (bicyclic) bond motifs is 1. The Kier molecular flexibility index (Phi) is 3.28. The molecule has 2 aliphatic rings. The molecule has 100 valence electrons. The van der Waals surface area contributed by atoms with E-state index in [1.165, 1.54) is 0 Å². The Hall–Kier alpha value is -1.40. The molecular weight excluding hydrogens is 310 g/mol. The number of amides is 2. The number of hydrogen-bond donors (Lipinski definition) is 1. The van der Waals surface area contributed by atoms with Gasteiger partial charge in [0.25, 0.3) is 0 Å². The van der Waals surface area contributed by atoms with E-state index in [0.717, 1.165) is 16.7 Å². The minimum absolute atomic E-state index is 0.0139. The maximum atomic E-state index is 12.2. The number of carbonyl (C=O) groups excluding carboxylic acids is 2. The summed E-state index contributed by atoms with van der Waals surface area (Å²) in [4.78, 5) is 27.4. The quantitative estimate of drug-likeness (QED) is 0.823. The molecule has 0 aromatic heterocycles. The Bertz CT molecular complexity index is 517. The SMILES string of the molecule is O=C1CN2C(=O)CNCC2CN1c1ccc(Br)cc1. The van der Waals surface area contributed by atoms with Crippen LogP contribution in [0.5, 0.6) is 0 Å². The average Bonchev–Trinajstić information content (AvgIpc) is 2.40. The zero-order chi connectivity index (χ0) is 13.4. The molecule has 2 fully saturated rings. The minimum atomic E-state index is -0.0196. The summed E-state index contributed by atoms with van der Waals surface area (Å²) in [7, 11) is 0. The van der Waals surface area contributed by atoms with Gasteiger partial charge in [0.05, 0.1) is 12.6 Å². The van der Waals surface area contributed by atoms with E-state index in [0.29, 0.717) is 13.1 Å². The highest BCUT2D eigenvalue weighted by molar-refractivity contribution is 9.10. The molecule has 0 bridgehead atoms. The van der Waals surface area contributed by atoms with Gasteiger partial charge >= 0.3 is 0 Å². The van der Waals surface area contributed by atoms with E-state index in [1.54, 1.807) is 9.80 Å². The molecule has 2 heterocycles. The topological polar surface area (TPSA) is 52.7 Å². The number of nitrogens with one attached hydrogen (secondary N) is 1. The zero-order valence-corrected chi connectivity index (χ0v) is 11.9. The molecule has 3 rings (SSSR count). The first kappa shape index (κ1) is 12.6. The molecule has 2 saturated heterocycles. The molecule has 19 heavy (non-hydrogen) atoms. The van der Waals surface area contributed by atoms with Crippen LogP contribution in [-0.4, -0.2) is 48.9 Å². The second-order valence-electron chi connectivity index (χ2n) is 4.79. The largest absolute Gasteiger partial charge is 0.326 e. The van der Waals surface area contributed by atoms with E-state index in [1.807, 2.05) is 24.3 Å². The number of rotatable bonds is 1. The summed E-state index contributed by atoms with van der Waals surface area (Å²) in [6, 6.07) is 7.73. The first-order chi connectivity index (χ1) is 9.15. The van der Waals surface area contributed by atoms with Crippen molar-refractivity contribution in [2.75, 3.05) is 31.1 Å². The fourth-order valence-electron chi connectivity index (χ4n) is 2.56. The number of nitrogens with zero attached hydrogens (tertiary/aromatic N) is 2. The van der Waals surface area contributed by atoms with E-state index in [4.69, 9.17) is 0 Å². The number of carbonyl (C=O) groups is 2. The zero-order valence-electron chi connectivity index (χ0n) is 10.3. The molecule has 2 aliphatic heterocycles. The van der Waals surface area contributed by atoms with Gasteiger partial charge < -0.3 is 15.1 Å². The summed E-state index contributed by atoms with van der Waals surface area (Å²) in [5, 5.41) is 3.09. The van der Waals surface area contributed by atoms with Gasteiger partial charge in [-0.2, -0.15) is 0 Å². The molecule has 0 saturated carbocycles. The molecule has 1 atom stereocenters. The van der Waals surface area contributed by atoms with Gasteiger partial charge in [-0.3, -0.25) is 9.59 Å². The predicted molar refractivity (Wildman–Crippen MR) is 74.9 cm³/mol. The fraction of sp³-hybridized carbons (Fsp3) is 0.385. The van der Waals surface area contributed by atoms with E-state index in [9.17, 15) is 9.59 Å². The molecule has 1 aromatic rings. The van der Waals surface area contributed by atoms with Gasteiger partial charge in [0.15, 0.2) is 0 Å². The molecule has 6 heteroatoms. The van der Waals surface area contributed by atoms with Crippen LogP contribution >= 0.6 is 15.9 Å². The van der Waals surface area contributed by atoms with Crippen molar-refractivity contribution in [2.45, 2.75) is 6.04 Å². The van der Waals surface area contributed by atoms with Crippen molar-refractivity contribution < 1.29 is 9.59 Å². The third-order valence-electron chi connectivity index (χ3n) is 3.56. The first-order valence-corrected chi connectivity index (χ1v) is 7.00. The molecule has 5 nitrogen and oxygen atoms in total. The lowest BCUT2D eigenvalue weighted by Gasteiger charge is -2.43. The number of benzene rings is 1. The van der Waals surface area contributed by atoms with Crippen molar-refractivity contribution in [1.82, 2.24) is 10.2 Å². The smallest absolute Gasteiger partial charge is 0.246 e. The minimum Gasteiger partial charge on any atom is -0.326 e. The Balaban J connectivity index is 1.82. The van der Waals surface area contributed by atoms with Crippen molar-refractivity contribution in [3.05, 3.63) is 28.7 Å². The maximum Gasteiger partial charge on any atom is 0.246 e. The third kappa shape index (κ3) is 2.37. The fourth-order valence-corrected chi connectivity index (χ4v) is 2.82. The van der Waals surface area contributed by atoms with Crippen LogP contribution < -0.4 is 10.2 Å². The van der Waals surface area contributed by atoms with E-state index < -0.39 is 0 Å². The maximum absolute atomic E-state index is 12.2. The van der Waals surface area contributed by atoms with Crippen LogP contribution in [0.2, 0.25) is 0 Å². The number of halogens is 1. The molecule has 1 unspecified atom stereocenters. The van der Waals surface area contributed by atoms with Crippen LogP contribution in [0.15, 0.2) is 28.7 Å². The molecule has 2 amide bonds. The van der Waals surface area contributed by atoms with E-state index in [2.05, 4.69) is 21.2 Å². The van der Waals surface area contributed by atoms with Crippen molar-refractivity contribution in [2.24, 2.45) is 0 Å². The molecule has 1 N–H and O–H groups in total. The number of anilines is 1. The summed E-state index contributed by atoms with van der Waals surface area (Å²) >= 11 is 3.38. The third-order valence-corrected chi connectivity index (χ3v) is 4.08. The number of hydrogen-bond acceptors (Lipinski definition) is 3. The Labute approximate surface area is 119 Å².